The Kier molecular flexibility index (Phi) is 2.63. The lowest BCUT2D eigenvalue weighted by molar-refractivity contribution is 0.360. The fourth-order valence-electron chi connectivity index (χ4n) is 2.93. The molecule has 0 spiro atoms. The molecule has 3 heteroatoms. The molecule has 86 valence electrons. The van der Waals surface area contributed by atoms with E-state index in [4.69, 9.17) is 0 Å². The van der Waals surface area contributed by atoms with E-state index in [9.17, 15) is 4.21 Å². The molecule has 3 fully saturated rings. The minimum atomic E-state index is -0.506. The summed E-state index contributed by atoms with van der Waals surface area (Å²) < 4.78 is 11.2. The van der Waals surface area contributed by atoms with Crippen molar-refractivity contribution in [2.75, 3.05) is 18.1 Å². The summed E-state index contributed by atoms with van der Waals surface area (Å²) in [6.07, 6.45) is 8.15. The van der Waals surface area contributed by atoms with Gasteiger partial charge < -0.3 is 5.32 Å². The van der Waals surface area contributed by atoms with Crippen molar-refractivity contribution in [3.05, 3.63) is 0 Å². The average molecular weight is 227 g/mol. The molecule has 0 aromatic carbocycles. The van der Waals surface area contributed by atoms with Crippen LogP contribution in [0.1, 0.15) is 38.5 Å². The third-order valence-electron chi connectivity index (χ3n) is 4.47. The molecule has 0 atom stereocenters. The first-order valence-corrected chi connectivity index (χ1v) is 7.86. The van der Waals surface area contributed by atoms with Crippen molar-refractivity contribution >= 4 is 10.8 Å². The van der Waals surface area contributed by atoms with Gasteiger partial charge in [-0.15, -0.1) is 0 Å². The highest BCUT2D eigenvalue weighted by atomic mass is 32.2. The van der Waals surface area contributed by atoms with Crippen molar-refractivity contribution < 1.29 is 4.21 Å². The maximum atomic E-state index is 11.2. The van der Waals surface area contributed by atoms with Crippen LogP contribution in [-0.4, -0.2) is 28.3 Å². The van der Waals surface area contributed by atoms with Gasteiger partial charge in [-0.2, -0.15) is 0 Å². The lowest BCUT2D eigenvalue weighted by atomic mass is 10.00. The van der Waals surface area contributed by atoms with Crippen molar-refractivity contribution in [1.82, 2.24) is 5.32 Å². The Hall–Kier alpha value is 0.110. The molecule has 3 rings (SSSR count). The number of hydrogen-bond acceptors (Lipinski definition) is 2. The van der Waals surface area contributed by atoms with Crippen LogP contribution in [0.5, 0.6) is 0 Å². The molecule has 0 radical (unpaired) electrons. The highest BCUT2D eigenvalue weighted by Crippen LogP contribution is 2.60. The Morgan fingerprint density at radius 3 is 2.33 bits per heavy atom. The Bertz CT molecular complexity index is 261. The number of nitrogens with one attached hydrogen (secondary N) is 1. The topological polar surface area (TPSA) is 29.1 Å². The molecule has 0 aromatic rings. The van der Waals surface area contributed by atoms with Crippen molar-refractivity contribution in [2.24, 2.45) is 11.3 Å². The lowest BCUT2D eigenvalue weighted by Gasteiger charge is -2.25. The second-order valence-corrected chi connectivity index (χ2v) is 7.34. The molecule has 0 unspecified atom stereocenters. The van der Waals surface area contributed by atoms with E-state index in [0.717, 1.165) is 35.7 Å². The summed E-state index contributed by atoms with van der Waals surface area (Å²) in [5, 5.41) is 3.73. The monoisotopic (exact) mass is 227 g/mol. The first-order chi connectivity index (χ1) is 7.28. The maximum Gasteiger partial charge on any atom is 0.0249 e. The SMILES string of the molecule is O=S1CCC(NCC2(C3CC3)CC2)CC1. The van der Waals surface area contributed by atoms with E-state index in [-0.39, 0.29) is 0 Å². The van der Waals surface area contributed by atoms with E-state index in [1.54, 1.807) is 0 Å². The fourth-order valence-corrected chi connectivity index (χ4v) is 4.23. The molecule has 2 nitrogen and oxygen atoms in total. The van der Waals surface area contributed by atoms with Gasteiger partial charge in [0.25, 0.3) is 0 Å². The normalized spacial score (nSPS) is 38.9. The first kappa shape index (κ1) is 10.3. The van der Waals surface area contributed by atoms with Gasteiger partial charge in [0.1, 0.15) is 0 Å². The van der Waals surface area contributed by atoms with Crippen LogP contribution in [0, 0.1) is 11.3 Å². The maximum absolute atomic E-state index is 11.2. The second-order valence-electron chi connectivity index (χ2n) is 5.64. The molecule has 0 bridgehead atoms. The zero-order valence-electron chi connectivity index (χ0n) is 9.34. The Labute approximate surface area is 94.7 Å². The van der Waals surface area contributed by atoms with Gasteiger partial charge in [0.05, 0.1) is 0 Å². The summed E-state index contributed by atoms with van der Waals surface area (Å²) in [7, 11) is -0.506. The van der Waals surface area contributed by atoms with Crippen molar-refractivity contribution in [2.45, 2.75) is 44.6 Å². The van der Waals surface area contributed by atoms with Gasteiger partial charge in [-0.25, -0.2) is 0 Å². The van der Waals surface area contributed by atoms with Gasteiger partial charge >= 0.3 is 0 Å². The minimum absolute atomic E-state index is 0.506. The van der Waals surface area contributed by atoms with E-state index in [1.165, 1.54) is 32.2 Å². The largest absolute Gasteiger partial charge is 0.313 e. The van der Waals surface area contributed by atoms with Crippen LogP contribution in [0.4, 0.5) is 0 Å². The minimum Gasteiger partial charge on any atom is -0.313 e. The molecule has 15 heavy (non-hydrogen) atoms. The third-order valence-corrected chi connectivity index (χ3v) is 5.85. The molecule has 0 aromatic heterocycles. The number of hydrogen-bond donors (Lipinski definition) is 1. The molecule has 1 N–H and O–H groups in total. The molecule has 0 amide bonds. The van der Waals surface area contributed by atoms with Crippen LogP contribution < -0.4 is 5.32 Å². The third kappa shape index (κ3) is 2.28. The van der Waals surface area contributed by atoms with Crippen LogP contribution in [0.3, 0.4) is 0 Å². The summed E-state index contributed by atoms with van der Waals surface area (Å²) in [6, 6.07) is 0.666. The lowest BCUT2D eigenvalue weighted by Crippen LogP contribution is -2.39. The standard InChI is InChI=1S/C12H21NOS/c14-15-7-3-11(4-8-15)13-9-12(5-6-12)10-1-2-10/h10-11,13H,1-9H2. The highest BCUT2D eigenvalue weighted by molar-refractivity contribution is 7.85. The molecular formula is C12H21NOS. The zero-order valence-corrected chi connectivity index (χ0v) is 10.2. The van der Waals surface area contributed by atoms with E-state index in [1.807, 2.05) is 0 Å². The fraction of sp³-hybridized carbons (Fsp3) is 1.00. The summed E-state index contributed by atoms with van der Waals surface area (Å²) in [5.74, 6) is 2.91. The molecule has 1 aliphatic heterocycles. The van der Waals surface area contributed by atoms with Crippen molar-refractivity contribution in [1.29, 1.82) is 0 Å². The quantitative estimate of drug-likeness (QED) is 0.791. The van der Waals surface area contributed by atoms with Gasteiger partial charge in [-0.3, -0.25) is 4.21 Å². The van der Waals surface area contributed by atoms with Gasteiger partial charge in [-0.1, -0.05) is 0 Å². The van der Waals surface area contributed by atoms with Gasteiger partial charge in [-0.05, 0) is 49.9 Å². The van der Waals surface area contributed by atoms with Crippen LogP contribution in [0.25, 0.3) is 0 Å². The Morgan fingerprint density at radius 2 is 1.80 bits per heavy atom. The van der Waals surface area contributed by atoms with E-state index >= 15 is 0 Å². The smallest absolute Gasteiger partial charge is 0.0249 e. The van der Waals surface area contributed by atoms with Gasteiger partial charge in [0.2, 0.25) is 0 Å². The summed E-state index contributed by atoms with van der Waals surface area (Å²) in [6.45, 7) is 1.25. The van der Waals surface area contributed by atoms with Crippen LogP contribution in [0.2, 0.25) is 0 Å². The zero-order chi connectivity index (χ0) is 10.3. The van der Waals surface area contributed by atoms with Crippen molar-refractivity contribution in [3.63, 3.8) is 0 Å². The van der Waals surface area contributed by atoms with Gasteiger partial charge in [0.15, 0.2) is 0 Å². The second kappa shape index (κ2) is 3.85. The van der Waals surface area contributed by atoms with E-state index in [0.29, 0.717) is 6.04 Å². The Balaban J connectivity index is 1.44. The summed E-state index contributed by atoms with van der Waals surface area (Å²) in [4.78, 5) is 0. The van der Waals surface area contributed by atoms with E-state index in [2.05, 4.69) is 5.32 Å². The molecule has 1 saturated heterocycles. The number of rotatable bonds is 4. The molecular weight excluding hydrogens is 206 g/mol. The van der Waals surface area contributed by atoms with Crippen LogP contribution in [-0.2, 0) is 10.8 Å². The van der Waals surface area contributed by atoms with Crippen LogP contribution in [0.15, 0.2) is 0 Å². The Morgan fingerprint density at radius 1 is 1.13 bits per heavy atom. The molecule has 2 aliphatic carbocycles. The van der Waals surface area contributed by atoms with Crippen LogP contribution >= 0.6 is 0 Å². The average Bonchev–Trinajstić information content (AvgIpc) is 3.10. The predicted molar refractivity (Wildman–Crippen MR) is 63.3 cm³/mol. The van der Waals surface area contributed by atoms with E-state index < -0.39 is 10.8 Å². The molecule has 1 heterocycles. The molecule has 3 aliphatic rings. The predicted octanol–water partition coefficient (Wildman–Crippen LogP) is 1.68. The first-order valence-electron chi connectivity index (χ1n) is 6.37. The van der Waals surface area contributed by atoms with Gasteiger partial charge in [0, 0.05) is 34.9 Å². The summed E-state index contributed by atoms with van der Waals surface area (Å²) in [5.41, 5.74) is 0.719. The van der Waals surface area contributed by atoms with Crippen molar-refractivity contribution in [3.8, 4) is 0 Å². The highest BCUT2D eigenvalue weighted by Gasteiger charge is 2.53. The summed E-state index contributed by atoms with van der Waals surface area (Å²) >= 11 is 0. The molecule has 2 saturated carbocycles.